The van der Waals surface area contributed by atoms with Crippen LogP contribution in [0, 0.1) is 11.8 Å². The third kappa shape index (κ3) is 3.79. The Morgan fingerprint density at radius 3 is 2.37 bits per heavy atom. The molecule has 106 valence electrons. The maximum absolute atomic E-state index is 6.15. The molecule has 0 aromatic heterocycles. The number of methoxy groups -OCH3 is 1. The van der Waals surface area contributed by atoms with Gasteiger partial charge in [0.1, 0.15) is 0 Å². The average Bonchev–Trinajstić information content (AvgIpc) is 2.38. The quantitative estimate of drug-likeness (QED) is 0.749. The lowest BCUT2D eigenvalue weighted by Crippen LogP contribution is -2.28. The summed E-state index contributed by atoms with van der Waals surface area (Å²) in [5.41, 5.74) is 1.05. The fourth-order valence-corrected chi connectivity index (χ4v) is 3.21. The second-order valence-corrected chi connectivity index (χ2v) is 6.04. The number of alkyl halides is 1. The van der Waals surface area contributed by atoms with E-state index in [1.54, 1.807) is 7.11 Å². The Bertz CT molecular complexity index is 409. The van der Waals surface area contributed by atoms with Crippen molar-refractivity contribution in [1.82, 2.24) is 0 Å². The van der Waals surface area contributed by atoms with Crippen LogP contribution in [-0.2, 0) is 5.88 Å². The Morgan fingerprint density at radius 1 is 1.11 bits per heavy atom. The van der Waals surface area contributed by atoms with Gasteiger partial charge in [-0.1, -0.05) is 19.9 Å². The zero-order chi connectivity index (χ0) is 13.8. The van der Waals surface area contributed by atoms with E-state index in [-0.39, 0.29) is 0 Å². The molecule has 3 heteroatoms. The van der Waals surface area contributed by atoms with Gasteiger partial charge in [-0.2, -0.15) is 0 Å². The minimum atomic E-state index is 0.300. The molecule has 0 saturated heterocycles. The fourth-order valence-electron chi connectivity index (χ4n) is 3.04. The van der Waals surface area contributed by atoms with E-state index in [2.05, 4.69) is 13.8 Å². The first-order valence-corrected chi connectivity index (χ1v) is 7.55. The maximum atomic E-state index is 6.15. The molecule has 1 aromatic carbocycles. The van der Waals surface area contributed by atoms with Crippen LogP contribution in [0.3, 0.4) is 0 Å². The normalized spacial score (nSPS) is 27.1. The zero-order valence-corrected chi connectivity index (χ0v) is 12.7. The summed E-state index contributed by atoms with van der Waals surface area (Å²) < 4.78 is 11.5. The molecule has 1 fully saturated rings. The SMILES string of the molecule is COc1cc(CCl)ccc1OC1CC(C)CC(C)C1. The van der Waals surface area contributed by atoms with Gasteiger partial charge >= 0.3 is 0 Å². The average molecular weight is 283 g/mol. The third-order valence-corrected chi connectivity index (χ3v) is 4.12. The topological polar surface area (TPSA) is 18.5 Å². The summed E-state index contributed by atoms with van der Waals surface area (Å²) in [6, 6.07) is 5.93. The van der Waals surface area contributed by atoms with Gasteiger partial charge in [-0.25, -0.2) is 0 Å². The highest BCUT2D eigenvalue weighted by atomic mass is 35.5. The van der Waals surface area contributed by atoms with Gasteiger partial charge in [-0.3, -0.25) is 0 Å². The molecule has 1 aliphatic rings. The van der Waals surface area contributed by atoms with E-state index in [0.717, 1.165) is 41.7 Å². The molecule has 2 nitrogen and oxygen atoms in total. The largest absolute Gasteiger partial charge is 0.493 e. The molecule has 1 aromatic rings. The predicted molar refractivity (Wildman–Crippen MR) is 79.1 cm³/mol. The van der Waals surface area contributed by atoms with E-state index in [0.29, 0.717) is 12.0 Å². The van der Waals surface area contributed by atoms with Gasteiger partial charge < -0.3 is 9.47 Å². The molecule has 19 heavy (non-hydrogen) atoms. The first-order valence-electron chi connectivity index (χ1n) is 7.02. The van der Waals surface area contributed by atoms with Crippen molar-refractivity contribution in [3.8, 4) is 11.5 Å². The van der Waals surface area contributed by atoms with Crippen molar-refractivity contribution in [2.75, 3.05) is 7.11 Å². The highest BCUT2D eigenvalue weighted by Gasteiger charge is 2.25. The Labute approximate surface area is 121 Å². The van der Waals surface area contributed by atoms with Gasteiger partial charge in [0.25, 0.3) is 0 Å². The molecule has 1 aliphatic carbocycles. The summed E-state index contributed by atoms with van der Waals surface area (Å²) in [5, 5.41) is 0. The summed E-state index contributed by atoms with van der Waals surface area (Å²) in [7, 11) is 1.67. The standard InChI is InChI=1S/C16H23ClO2/c1-11-6-12(2)8-14(7-11)19-15-5-4-13(10-17)9-16(15)18-3/h4-5,9,11-12,14H,6-8,10H2,1-3H3. The summed E-state index contributed by atoms with van der Waals surface area (Å²) in [4.78, 5) is 0. The first kappa shape index (κ1) is 14.5. The van der Waals surface area contributed by atoms with E-state index in [4.69, 9.17) is 21.1 Å². The molecule has 2 rings (SSSR count). The van der Waals surface area contributed by atoms with Gasteiger partial charge in [0.15, 0.2) is 11.5 Å². The summed E-state index contributed by atoms with van der Waals surface area (Å²) >= 11 is 5.84. The number of rotatable bonds is 4. The van der Waals surface area contributed by atoms with Gasteiger partial charge in [0.05, 0.1) is 13.2 Å². The molecule has 0 bridgehead atoms. The van der Waals surface area contributed by atoms with Gasteiger partial charge in [0, 0.05) is 5.88 Å². The molecular formula is C16H23ClO2. The van der Waals surface area contributed by atoms with Crippen molar-refractivity contribution >= 4 is 11.6 Å². The summed E-state index contributed by atoms with van der Waals surface area (Å²) in [6.45, 7) is 4.61. The molecule has 0 spiro atoms. The molecule has 2 atom stereocenters. The lowest BCUT2D eigenvalue weighted by atomic mass is 9.82. The van der Waals surface area contributed by atoms with E-state index in [9.17, 15) is 0 Å². The van der Waals surface area contributed by atoms with Gasteiger partial charge in [0.2, 0.25) is 0 Å². The zero-order valence-electron chi connectivity index (χ0n) is 12.0. The second kappa shape index (κ2) is 6.51. The van der Waals surface area contributed by atoms with Crippen LogP contribution in [0.2, 0.25) is 0 Å². The minimum Gasteiger partial charge on any atom is -0.493 e. The Hall–Kier alpha value is -0.890. The number of benzene rings is 1. The van der Waals surface area contributed by atoms with E-state index in [1.807, 2.05) is 18.2 Å². The molecular weight excluding hydrogens is 260 g/mol. The highest BCUT2D eigenvalue weighted by molar-refractivity contribution is 6.17. The van der Waals surface area contributed by atoms with Gasteiger partial charge in [-0.05, 0) is 48.8 Å². The molecule has 2 unspecified atom stereocenters. The van der Waals surface area contributed by atoms with Crippen molar-refractivity contribution in [3.63, 3.8) is 0 Å². The summed E-state index contributed by atoms with van der Waals surface area (Å²) in [6.07, 6.45) is 3.87. The fraction of sp³-hybridized carbons (Fsp3) is 0.625. The van der Waals surface area contributed by atoms with Crippen molar-refractivity contribution in [1.29, 1.82) is 0 Å². The van der Waals surface area contributed by atoms with Crippen molar-refractivity contribution < 1.29 is 9.47 Å². The maximum Gasteiger partial charge on any atom is 0.161 e. The molecule has 0 N–H and O–H groups in total. The van der Waals surface area contributed by atoms with E-state index in [1.165, 1.54) is 6.42 Å². The highest BCUT2D eigenvalue weighted by Crippen LogP contribution is 2.35. The van der Waals surface area contributed by atoms with Crippen LogP contribution in [0.4, 0.5) is 0 Å². The molecule has 0 radical (unpaired) electrons. The molecule has 0 amide bonds. The summed E-state index contributed by atoms with van der Waals surface area (Å²) in [5.74, 6) is 3.59. The molecule has 0 aliphatic heterocycles. The van der Waals surface area contributed by atoms with Crippen LogP contribution < -0.4 is 9.47 Å². The van der Waals surface area contributed by atoms with Crippen LogP contribution in [0.15, 0.2) is 18.2 Å². The smallest absolute Gasteiger partial charge is 0.161 e. The van der Waals surface area contributed by atoms with Crippen LogP contribution in [0.1, 0.15) is 38.7 Å². The van der Waals surface area contributed by atoms with Crippen molar-refractivity contribution in [2.45, 2.75) is 45.1 Å². The second-order valence-electron chi connectivity index (χ2n) is 5.78. The van der Waals surface area contributed by atoms with Crippen molar-refractivity contribution in [3.05, 3.63) is 23.8 Å². The predicted octanol–water partition coefficient (Wildman–Crippen LogP) is 4.64. The third-order valence-electron chi connectivity index (χ3n) is 3.81. The Balaban J connectivity index is 2.09. The first-order chi connectivity index (χ1) is 9.12. The number of hydrogen-bond donors (Lipinski definition) is 0. The van der Waals surface area contributed by atoms with Crippen LogP contribution in [0.5, 0.6) is 11.5 Å². The Kier molecular flexibility index (Phi) is 4.98. The van der Waals surface area contributed by atoms with E-state index < -0.39 is 0 Å². The number of hydrogen-bond acceptors (Lipinski definition) is 2. The minimum absolute atomic E-state index is 0.300. The van der Waals surface area contributed by atoms with Gasteiger partial charge in [-0.15, -0.1) is 11.6 Å². The Morgan fingerprint density at radius 2 is 1.79 bits per heavy atom. The molecule has 0 heterocycles. The van der Waals surface area contributed by atoms with Crippen LogP contribution >= 0.6 is 11.6 Å². The number of ether oxygens (including phenoxy) is 2. The van der Waals surface area contributed by atoms with Crippen LogP contribution in [-0.4, -0.2) is 13.2 Å². The van der Waals surface area contributed by atoms with E-state index >= 15 is 0 Å². The number of halogens is 1. The monoisotopic (exact) mass is 282 g/mol. The molecule has 1 saturated carbocycles. The van der Waals surface area contributed by atoms with Crippen molar-refractivity contribution in [2.24, 2.45) is 11.8 Å². The lowest BCUT2D eigenvalue weighted by molar-refractivity contribution is 0.0979. The lowest BCUT2D eigenvalue weighted by Gasteiger charge is -2.32. The van der Waals surface area contributed by atoms with Crippen LogP contribution in [0.25, 0.3) is 0 Å².